The standard InChI is InChI=1S/C31H38F3N13O/c1-29(2,20-36-3)7-10-42-11-13-43(14-12-42)26(48)19-45-18-24(16-37-45)39-28-40-27-25(5-4-9-46(27)41-28)44-21-30(22-44,6-8-35)47-17-23(15-38-47)31(32,33)34/h4-5,9,15-18,20H,6-7,10-14,19,21-22H2,1-3H3,(H,39,41)/b36-20-. The molecule has 0 atom stereocenters. The van der Waals surface area contributed by atoms with E-state index in [1.54, 1.807) is 40.9 Å². The van der Waals surface area contributed by atoms with Gasteiger partial charge in [0.05, 0.1) is 41.8 Å². The third kappa shape index (κ3) is 6.98. The van der Waals surface area contributed by atoms with Crippen LogP contribution in [0.5, 0.6) is 0 Å². The number of hydrogen-bond acceptors (Lipinski definition) is 10. The lowest BCUT2D eigenvalue weighted by atomic mass is 9.86. The van der Waals surface area contributed by atoms with Gasteiger partial charge in [-0.05, 0) is 25.1 Å². The Morgan fingerprint density at radius 1 is 1.15 bits per heavy atom. The van der Waals surface area contributed by atoms with Gasteiger partial charge in [-0.1, -0.05) is 13.8 Å². The van der Waals surface area contributed by atoms with E-state index in [1.807, 2.05) is 22.1 Å². The van der Waals surface area contributed by atoms with Gasteiger partial charge in [0.1, 0.15) is 12.1 Å². The summed E-state index contributed by atoms with van der Waals surface area (Å²) in [4.78, 5) is 28.0. The first-order valence-electron chi connectivity index (χ1n) is 15.7. The zero-order valence-corrected chi connectivity index (χ0v) is 27.1. The van der Waals surface area contributed by atoms with Crippen LogP contribution in [-0.4, -0.2) is 109 Å². The number of anilines is 3. The molecule has 6 rings (SSSR count). The Kier molecular flexibility index (Phi) is 8.86. The molecule has 0 spiro atoms. The monoisotopic (exact) mass is 665 g/mol. The Hall–Kier alpha value is -4.98. The van der Waals surface area contributed by atoms with Gasteiger partial charge in [-0.3, -0.25) is 19.1 Å². The van der Waals surface area contributed by atoms with Crippen molar-refractivity contribution in [3.8, 4) is 6.07 Å². The second kappa shape index (κ2) is 12.9. The number of aromatic nitrogens is 7. The number of hydrogen-bond donors (Lipinski definition) is 1. The molecule has 4 aromatic rings. The minimum absolute atomic E-state index is 0.00149. The summed E-state index contributed by atoms with van der Waals surface area (Å²) in [6.07, 6.45) is 5.28. The summed E-state index contributed by atoms with van der Waals surface area (Å²) in [6, 6.07) is 5.74. The maximum Gasteiger partial charge on any atom is 0.419 e. The van der Waals surface area contributed by atoms with Crippen molar-refractivity contribution >= 4 is 35.1 Å². The number of nitriles is 1. The van der Waals surface area contributed by atoms with Gasteiger partial charge in [-0.15, -0.1) is 5.10 Å². The Balaban J connectivity index is 1.05. The van der Waals surface area contributed by atoms with Crippen molar-refractivity contribution in [1.29, 1.82) is 5.26 Å². The lowest BCUT2D eigenvalue weighted by molar-refractivity contribution is -0.137. The van der Waals surface area contributed by atoms with Crippen molar-refractivity contribution in [2.75, 3.05) is 63.1 Å². The van der Waals surface area contributed by atoms with Gasteiger partial charge in [0.15, 0.2) is 5.65 Å². The second-order valence-electron chi connectivity index (χ2n) is 13.1. The Morgan fingerprint density at radius 2 is 1.92 bits per heavy atom. The molecular formula is C31H38F3N13O. The number of pyridine rings is 1. The quantitative estimate of drug-likeness (QED) is 0.239. The molecule has 254 valence electrons. The van der Waals surface area contributed by atoms with Gasteiger partial charge in [0.2, 0.25) is 11.9 Å². The third-order valence-corrected chi connectivity index (χ3v) is 8.92. The number of carbonyl (C=O) groups excluding carboxylic acids is 1. The molecule has 0 aliphatic carbocycles. The SMILES string of the molecule is C/N=C\C(C)(C)CCN1CCN(C(=O)Cn2cc(Nc3nc4c(N5CC(CC#N)(n6cc(C(F)(F)F)cn6)C5)cccn4n3)cn2)CC1. The van der Waals surface area contributed by atoms with Crippen LogP contribution in [-0.2, 0) is 23.1 Å². The Morgan fingerprint density at radius 3 is 2.60 bits per heavy atom. The molecule has 2 aliphatic rings. The van der Waals surface area contributed by atoms with Crippen LogP contribution in [0.15, 0.2) is 48.1 Å². The van der Waals surface area contributed by atoms with Crippen molar-refractivity contribution in [3.63, 3.8) is 0 Å². The number of rotatable bonds is 11. The normalized spacial score (nSPS) is 17.2. The van der Waals surface area contributed by atoms with E-state index in [0.29, 0.717) is 30.4 Å². The predicted molar refractivity (Wildman–Crippen MR) is 172 cm³/mol. The fraction of sp³-hybridized carbons (Fsp3) is 0.516. The summed E-state index contributed by atoms with van der Waals surface area (Å²) in [7, 11) is 1.80. The molecule has 14 nitrogen and oxygen atoms in total. The highest BCUT2D eigenvalue weighted by Crippen LogP contribution is 2.39. The van der Waals surface area contributed by atoms with Crippen LogP contribution in [0.2, 0.25) is 0 Å². The molecule has 4 aromatic heterocycles. The van der Waals surface area contributed by atoms with Crippen LogP contribution in [0.25, 0.3) is 5.65 Å². The maximum atomic E-state index is 13.2. The molecule has 0 bridgehead atoms. The molecule has 1 amide bonds. The third-order valence-electron chi connectivity index (χ3n) is 8.92. The van der Waals surface area contributed by atoms with E-state index in [0.717, 1.165) is 44.1 Å². The minimum atomic E-state index is -4.52. The molecular weight excluding hydrogens is 627 g/mol. The predicted octanol–water partition coefficient (Wildman–Crippen LogP) is 3.27. The zero-order chi connectivity index (χ0) is 34.1. The van der Waals surface area contributed by atoms with Gasteiger partial charge in [0.25, 0.3) is 0 Å². The van der Waals surface area contributed by atoms with E-state index >= 15 is 0 Å². The highest BCUT2D eigenvalue weighted by Gasteiger charge is 2.47. The van der Waals surface area contributed by atoms with E-state index in [2.05, 4.69) is 55.4 Å². The van der Waals surface area contributed by atoms with Crippen LogP contribution in [0, 0.1) is 16.7 Å². The van der Waals surface area contributed by atoms with Crippen LogP contribution in [0.3, 0.4) is 0 Å². The van der Waals surface area contributed by atoms with E-state index < -0.39 is 17.3 Å². The molecule has 2 aliphatic heterocycles. The van der Waals surface area contributed by atoms with E-state index in [1.165, 1.54) is 4.68 Å². The molecule has 0 unspecified atom stereocenters. The summed E-state index contributed by atoms with van der Waals surface area (Å²) in [5, 5.41) is 25.4. The molecule has 0 aromatic carbocycles. The van der Waals surface area contributed by atoms with Crippen molar-refractivity contribution < 1.29 is 18.0 Å². The number of amides is 1. The molecule has 17 heteroatoms. The molecule has 0 saturated carbocycles. The first-order chi connectivity index (χ1) is 22.9. The van der Waals surface area contributed by atoms with Crippen molar-refractivity contribution in [3.05, 3.63) is 48.7 Å². The van der Waals surface area contributed by atoms with Gasteiger partial charge < -0.3 is 20.1 Å². The van der Waals surface area contributed by atoms with Crippen LogP contribution in [0.4, 0.5) is 30.5 Å². The average Bonchev–Trinajstić information content (AvgIpc) is 3.78. The maximum absolute atomic E-state index is 13.2. The number of nitrogens with zero attached hydrogens (tertiary/aromatic N) is 12. The molecule has 48 heavy (non-hydrogen) atoms. The zero-order valence-electron chi connectivity index (χ0n) is 27.1. The lowest BCUT2D eigenvalue weighted by Crippen LogP contribution is -2.63. The van der Waals surface area contributed by atoms with Gasteiger partial charge in [0, 0.05) is 76.5 Å². The fourth-order valence-electron chi connectivity index (χ4n) is 6.20. The van der Waals surface area contributed by atoms with Crippen LogP contribution < -0.4 is 10.2 Å². The first-order valence-corrected chi connectivity index (χ1v) is 15.7. The number of halogens is 3. The van der Waals surface area contributed by atoms with Crippen LogP contribution in [0.1, 0.15) is 32.3 Å². The number of fused-ring (bicyclic) bond motifs is 1. The topological polar surface area (TPSA) is 141 Å². The number of piperazine rings is 1. The summed E-state index contributed by atoms with van der Waals surface area (Å²) in [5.74, 6) is 0.313. The van der Waals surface area contributed by atoms with Gasteiger partial charge >= 0.3 is 6.18 Å². The van der Waals surface area contributed by atoms with Gasteiger partial charge in [-0.2, -0.15) is 33.6 Å². The number of alkyl halides is 3. The number of aliphatic imine (C=N–C) groups is 1. The van der Waals surface area contributed by atoms with Crippen molar-refractivity contribution in [1.82, 2.24) is 44.0 Å². The lowest BCUT2D eigenvalue weighted by Gasteiger charge is -2.50. The summed E-state index contributed by atoms with van der Waals surface area (Å²) in [6.45, 7) is 8.99. The van der Waals surface area contributed by atoms with E-state index in [4.69, 9.17) is 0 Å². The van der Waals surface area contributed by atoms with Gasteiger partial charge in [-0.25, -0.2) is 4.52 Å². The second-order valence-corrected chi connectivity index (χ2v) is 13.1. The first kappa shape index (κ1) is 32.9. The van der Waals surface area contributed by atoms with Crippen molar-refractivity contribution in [2.45, 2.75) is 44.9 Å². The summed E-state index contributed by atoms with van der Waals surface area (Å²) in [5.41, 5.74) is 0.159. The molecule has 0 radical (unpaired) electrons. The largest absolute Gasteiger partial charge is 0.419 e. The summed E-state index contributed by atoms with van der Waals surface area (Å²) >= 11 is 0. The van der Waals surface area contributed by atoms with E-state index in [9.17, 15) is 23.2 Å². The highest BCUT2D eigenvalue weighted by atomic mass is 19.4. The highest BCUT2D eigenvalue weighted by molar-refractivity contribution is 5.76. The molecule has 2 saturated heterocycles. The minimum Gasteiger partial charge on any atom is -0.363 e. The number of carbonyl (C=O) groups is 1. The van der Waals surface area contributed by atoms with E-state index in [-0.39, 0.29) is 37.4 Å². The average molecular weight is 666 g/mol. The van der Waals surface area contributed by atoms with Crippen molar-refractivity contribution in [2.24, 2.45) is 10.4 Å². The molecule has 2 fully saturated rings. The summed E-state index contributed by atoms with van der Waals surface area (Å²) < 4.78 is 44.1. The Bertz CT molecular complexity index is 1820. The molecule has 1 N–H and O–H groups in total. The Labute approximate surface area is 275 Å². The van der Waals surface area contributed by atoms with Crippen LogP contribution >= 0.6 is 0 Å². The number of nitrogens with one attached hydrogen (secondary N) is 1. The smallest absolute Gasteiger partial charge is 0.363 e. The fourth-order valence-corrected chi connectivity index (χ4v) is 6.20. The molecule has 6 heterocycles.